The number of nitrogens with one attached hydrogen (secondary N) is 3. The number of amides is 3. The Morgan fingerprint density at radius 2 is 1.91 bits per heavy atom. The summed E-state index contributed by atoms with van der Waals surface area (Å²) in [6.45, 7) is 2.89. The van der Waals surface area contributed by atoms with Gasteiger partial charge >= 0.3 is 6.03 Å². The fourth-order valence-electron chi connectivity index (χ4n) is 2.08. The number of ether oxygens (including phenoxy) is 1. The number of nitrogens with two attached hydrogens (primary N) is 1. The molecule has 1 saturated heterocycles. The van der Waals surface area contributed by atoms with E-state index in [2.05, 4.69) is 16.0 Å². The van der Waals surface area contributed by atoms with Crippen molar-refractivity contribution in [1.29, 1.82) is 0 Å². The van der Waals surface area contributed by atoms with Crippen LogP contribution in [0.4, 0.5) is 16.2 Å². The second-order valence-electron chi connectivity index (χ2n) is 5.33. The smallest absolute Gasteiger partial charge is 0.319 e. The van der Waals surface area contributed by atoms with Crippen molar-refractivity contribution < 1.29 is 14.3 Å². The first kappa shape index (κ1) is 16.3. The van der Waals surface area contributed by atoms with Gasteiger partial charge in [0.1, 0.15) is 0 Å². The molecule has 22 heavy (non-hydrogen) atoms. The van der Waals surface area contributed by atoms with Crippen molar-refractivity contribution in [3.8, 4) is 0 Å². The minimum atomic E-state index is -0.568. The van der Waals surface area contributed by atoms with Crippen molar-refractivity contribution >= 4 is 23.3 Å². The molecule has 120 valence electrons. The van der Waals surface area contributed by atoms with Gasteiger partial charge in [0.25, 0.3) is 0 Å². The number of rotatable bonds is 5. The van der Waals surface area contributed by atoms with Crippen molar-refractivity contribution in [2.75, 3.05) is 23.8 Å². The second kappa shape index (κ2) is 7.77. The van der Waals surface area contributed by atoms with Gasteiger partial charge in [-0.3, -0.25) is 4.79 Å². The molecule has 7 heteroatoms. The molecule has 5 N–H and O–H groups in total. The zero-order chi connectivity index (χ0) is 15.9. The molecule has 1 heterocycles. The van der Waals surface area contributed by atoms with Gasteiger partial charge in [-0.25, -0.2) is 4.79 Å². The van der Waals surface area contributed by atoms with Crippen LogP contribution in [0, 0.1) is 0 Å². The summed E-state index contributed by atoms with van der Waals surface area (Å²) in [5, 5.41) is 8.18. The second-order valence-corrected chi connectivity index (χ2v) is 5.33. The minimum Gasteiger partial charge on any atom is -0.376 e. The molecule has 1 aliphatic rings. The van der Waals surface area contributed by atoms with E-state index in [9.17, 15) is 9.59 Å². The maximum Gasteiger partial charge on any atom is 0.319 e. The summed E-state index contributed by atoms with van der Waals surface area (Å²) in [4.78, 5) is 23.2. The average Bonchev–Trinajstić information content (AvgIpc) is 3.00. The summed E-state index contributed by atoms with van der Waals surface area (Å²) in [6.07, 6.45) is 2.14. The van der Waals surface area contributed by atoms with Crippen LogP contribution in [0.15, 0.2) is 24.3 Å². The first-order chi connectivity index (χ1) is 10.5. The Balaban J connectivity index is 1.77. The third-order valence-corrected chi connectivity index (χ3v) is 3.34. The molecule has 0 radical (unpaired) electrons. The van der Waals surface area contributed by atoms with Gasteiger partial charge in [-0.05, 0) is 44.0 Å². The van der Waals surface area contributed by atoms with Gasteiger partial charge in [0.15, 0.2) is 0 Å². The summed E-state index contributed by atoms with van der Waals surface area (Å²) in [5.74, 6) is -0.255. The van der Waals surface area contributed by atoms with Gasteiger partial charge in [0, 0.05) is 24.5 Å². The quantitative estimate of drug-likeness (QED) is 0.657. The Hall–Kier alpha value is -2.12. The first-order valence-corrected chi connectivity index (χ1v) is 7.37. The Kier molecular flexibility index (Phi) is 5.74. The highest BCUT2D eigenvalue weighted by atomic mass is 16.5. The van der Waals surface area contributed by atoms with Crippen molar-refractivity contribution in [2.45, 2.75) is 31.9 Å². The average molecular weight is 306 g/mol. The van der Waals surface area contributed by atoms with E-state index in [0.29, 0.717) is 17.9 Å². The molecule has 1 aromatic rings. The lowest BCUT2D eigenvalue weighted by atomic mass is 10.2. The summed E-state index contributed by atoms with van der Waals surface area (Å²) < 4.78 is 5.43. The van der Waals surface area contributed by atoms with Gasteiger partial charge < -0.3 is 26.4 Å². The van der Waals surface area contributed by atoms with Crippen LogP contribution in [0.25, 0.3) is 0 Å². The number of urea groups is 1. The molecular formula is C15H22N4O3. The normalized spacial score (nSPS) is 18.5. The molecule has 1 aliphatic heterocycles. The van der Waals surface area contributed by atoms with Crippen LogP contribution in [0.1, 0.15) is 19.8 Å². The molecule has 0 aromatic heterocycles. The van der Waals surface area contributed by atoms with E-state index < -0.39 is 6.04 Å². The molecule has 7 nitrogen and oxygen atoms in total. The Morgan fingerprint density at radius 3 is 2.45 bits per heavy atom. The predicted octanol–water partition coefficient (Wildman–Crippen LogP) is 1.27. The van der Waals surface area contributed by atoms with Gasteiger partial charge in [-0.2, -0.15) is 0 Å². The van der Waals surface area contributed by atoms with Crippen LogP contribution in [0.2, 0.25) is 0 Å². The van der Waals surface area contributed by atoms with Crippen molar-refractivity contribution in [1.82, 2.24) is 5.32 Å². The van der Waals surface area contributed by atoms with Crippen LogP contribution in [-0.2, 0) is 9.53 Å². The molecule has 0 saturated carbocycles. The Labute approximate surface area is 129 Å². The maximum absolute atomic E-state index is 11.8. The Bertz CT molecular complexity index is 510. The molecule has 0 bridgehead atoms. The van der Waals surface area contributed by atoms with Gasteiger partial charge in [0.05, 0.1) is 12.1 Å². The largest absolute Gasteiger partial charge is 0.376 e. The van der Waals surface area contributed by atoms with E-state index in [-0.39, 0.29) is 18.0 Å². The lowest BCUT2D eigenvalue weighted by molar-refractivity contribution is -0.117. The van der Waals surface area contributed by atoms with Crippen LogP contribution in [-0.4, -0.2) is 37.2 Å². The van der Waals surface area contributed by atoms with Crippen molar-refractivity contribution in [2.24, 2.45) is 5.73 Å². The first-order valence-electron chi connectivity index (χ1n) is 7.37. The number of hydrogen-bond acceptors (Lipinski definition) is 4. The number of benzene rings is 1. The third-order valence-electron chi connectivity index (χ3n) is 3.34. The molecule has 1 fully saturated rings. The van der Waals surface area contributed by atoms with Crippen LogP contribution in [0.3, 0.4) is 0 Å². The number of hydrogen-bond donors (Lipinski definition) is 4. The van der Waals surface area contributed by atoms with E-state index in [4.69, 9.17) is 10.5 Å². The Morgan fingerprint density at radius 1 is 1.27 bits per heavy atom. The van der Waals surface area contributed by atoms with Gasteiger partial charge in [-0.15, -0.1) is 0 Å². The summed E-state index contributed by atoms with van der Waals surface area (Å²) in [6, 6.07) is 5.99. The van der Waals surface area contributed by atoms with E-state index >= 15 is 0 Å². The molecule has 2 rings (SSSR count). The number of anilines is 2. The maximum atomic E-state index is 11.8. The lowest BCUT2D eigenvalue weighted by Gasteiger charge is -2.12. The van der Waals surface area contributed by atoms with Crippen molar-refractivity contribution in [3.05, 3.63) is 24.3 Å². The highest BCUT2D eigenvalue weighted by Crippen LogP contribution is 2.14. The molecule has 3 amide bonds. The number of carbonyl (C=O) groups excluding carboxylic acids is 2. The molecule has 0 spiro atoms. The van der Waals surface area contributed by atoms with E-state index in [1.165, 1.54) is 0 Å². The molecular weight excluding hydrogens is 284 g/mol. The fraction of sp³-hybridized carbons (Fsp3) is 0.467. The minimum absolute atomic E-state index is 0.113. The summed E-state index contributed by atoms with van der Waals surface area (Å²) in [5.41, 5.74) is 6.75. The zero-order valence-electron chi connectivity index (χ0n) is 12.6. The summed E-state index contributed by atoms with van der Waals surface area (Å²) >= 11 is 0. The van der Waals surface area contributed by atoms with Crippen LogP contribution >= 0.6 is 0 Å². The monoisotopic (exact) mass is 306 g/mol. The third kappa shape index (κ3) is 5.01. The fourth-order valence-corrected chi connectivity index (χ4v) is 2.08. The highest BCUT2D eigenvalue weighted by molar-refractivity contribution is 5.95. The van der Waals surface area contributed by atoms with Gasteiger partial charge in [-0.1, -0.05) is 0 Å². The topological polar surface area (TPSA) is 105 Å². The molecule has 1 unspecified atom stereocenters. The van der Waals surface area contributed by atoms with E-state index in [1.54, 1.807) is 31.2 Å². The van der Waals surface area contributed by atoms with E-state index in [1.807, 2.05) is 0 Å². The highest BCUT2D eigenvalue weighted by Gasteiger charge is 2.16. The number of carbonyl (C=O) groups is 2. The van der Waals surface area contributed by atoms with Crippen LogP contribution < -0.4 is 21.7 Å². The van der Waals surface area contributed by atoms with Gasteiger partial charge in [0.2, 0.25) is 5.91 Å². The predicted molar refractivity (Wildman–Crippen MR) is 84.7 cm³/mol. The summed E-state index contributed by atoms with van der Waals surface area (Å²) in [7, 11) is 0. The van der Waals surface area contributed by atoms with E-state index in [0.717, 1.165) is 19.4 Å². The standard InChI is InChI=1S/C15H22N4O3/c1-10(16)14(20)18-11-4-6-12(7-5-11)19-15(21)17-9-13-3-2-8-22-13/h4-7,10,13H,2-3,8-9,16H2,1H3,(H,18,20)(H2,17,19,21)/t10-,13?/m0/s1. The molecule has 1 aromatic carbocycles. The van der Waals surface area contributed by atoms with Crippen molar-refractivity contribution in [3.63, 3.8) is 0 Å². The lowest BCUT2D eigenvalue weighted by Crippen LogP contribution is -2.35. The molecule has 2 atom stereocenters. The zero-order valence-corrected chi connectivity index (χ0v) is 12.6. The molecule has 0 aliphatic carbocycles. The van der Waals surface area contributed by atoms with Crippen LogP contribution in [0.5, 0.6) is 0 Å². The SMILES string of the molecule is C[C@H](N)C(=O)Nc1ccc(NC(=O)NCC2CCCO2)cc1.